The second kappa shape index (κ2) is 6.24. The van der Waals surface area contributed by atoms with Crippen LogP contribution in [0.2, 0.25) is 0 Å². The summed E-state index contributed by atoms with van der Waals surface area (Å²) in [6.45, 7) is 5.62. The Morgan fingerprint density at radius 1 is 1.53 bits per heavy atom. The number of hydrogen-bond donors (Lipinski definition) is 1. The molecule has 1 unspecified atom stereocenters. The zero-order valence-electron chi connectivity index (χ0n) is 11.9. The number of nitrogens with two attached hydrogens (primary N) is 1. The lowest BCUT2D eigenvalue weighted by Gasteiger charge is -2.36. The van der Waals surface area contributed by atoms with Gasteiger partial charge in [-0.25, -0.2) is 0 Å². The van der Waals surface area contributed by atoms with Gasteiger partial charge in [-0.3, -0.25) is 4.79 Å². The van der Waals surface area contributed by atoms with Crippen LogP contribution in [0.25, 0.3) is 0 Å². The molecule has 0 spiro atoms. The molecule has 0 radical (unpaired) electrons. The van der Waals surface area contributed by atoms with Gasteiger partial charge < -0.3 is 15.1 Å². The van der Waals surface area contributed by atoms with Gasteiger partial charge in [0.05, 0.1) is 12.1 Å². The van der Waals surface area contributed by atoms with Crippen LogP contribution in [0.1, 0.15) is 55.6 Å². The summed E-state index contributed by atoms with van der Waals surface area (Å²) in [5, 5.41) is 0. The lowest BCUT2D eigenvalue weighted by Crippen LogP contribution is -2.44. The van der Waals surface area contributed by atoms with Gasteiger partial charge in [0, 0.05) is 12.6 Å². The number of carbonyl (C=O) groups excluding carboxylic acids is 1. The van der Waals surface area contributed by atoms with E-state index in [2.05, 4.69) is 13.8 Å². The van der Waals surface area contributed by atoms with Gasteiger partial charge >= 0.3 is 0 Å². The number of furan rings is 1. The van der Waals surface area contributed by atoms with E-state index in [0.29, 0.717) is 29.8 Å². The molecule has 19 heavy (non-hydrogen) atoms. The van der Waals surface area contributed by atoms with Gasteiger partial charge in [0.15, 0.2) is 0 Å². The monoisotopic (exact) mass is 264 g/mol. The van der Waals surface area contributed by atoms with Crippen molar-refractivity contribution in [3.8, 4) is 0 Å². The third kappa shape index (κ3) is 3.38. The SMILES string of the molecule is CC(C)CC1CCCCN1C(=O)c1coc(CN)c1. The first kappa shape index (κ1) is 14.1. The molecule has 1 aliphatic rings. The second-order valence-corrected chi connectivity index (χ2v) is 5.78. The van der Waals surface area contributed by atoms with Crippen molar-refractivity contribution in [2.75, 3.05) is 6.54 Å². The van der Waals surface area contributed by atoms with Crippen molar-refractivity contribution in [1.82, 2.24) is 4.90 Å². The minimum atomic E-state index is 0.0915. The highest BCUT2D eigenvalue weighted by molar-refractivity contribution is 5.94. The molecule has 1 aliphatic heterocycles. The van der Waals surface area contributed by atoms with Crippen LogP contribution in [-0.2, 0) is 6.54 Å². The fourth-order valence-electron chi connectivity index (χ4n) is 2.82. The quantitative estimate of drug-likeness (QED) is 0.909. The van der Waals surface area contributed by atoms with E-state index in [1.165, 1.54) is 12.7 Å². The Bertz CT molecular complexity index is 426. The third-order valence-electron chi connectivity index (χ3n) is 3.73. The van der Waals surface area contributed by atoms with Gasteiger partial charge in [-0.15, -0.1) is 0 Å². The first-order valence-electron chi connectivity index (χ1n) is 7.20. The minimum absolute atomic E-state index is 0.0915. The van der Waals surface area contributed by atoms with E-state index in [-0.39, 0.29) is 5.91 Å². The Balaban J connectivity index is 2.10. The normalized spacial score (nSPS) is 20.0. The Labute approximate surface area is 114 Å². The smallest absolute Gasteiger partial charge is 0.257 e. The van der Waals surface area contributed by atoms with Crippen LogP contribution in [0.5, 0.6) is 0 Å². The summed E-state index contributed by atoms with van der Waals surface area (Å²) in [5.41, 5.74) is 6.15. The highest BCUT2D eigenvalue weighted by atomic mass is 16.3. The number of amides is 1. The topological polar surface area (TPSA) is 59.5 Å². The molecule has 2 heterocycles. The zero-order chi connectivity index (χ0) is 13.8. The van der Waals surface area contributed by atoms with Crippen molar-refractivity contribution in [3.05, 3.63) is 23.7 Å². The van der Waals surface area contributed by atoms with Crippen molar-refractivity contribution in [2.24, 2.45) is 11.7 Å². The standard InChI is InChI=1S/C15H24N2O2/c1-11(2)7-13-5-3-4-6-17(13)15(18)12-8-14(9-16)19-10-12/h8,10-11,13H,3-7,9,16H2,1-2H3. The Morgan fingerprint density at radius 2 is 2.32 bits per heavy atom. The van der Waals surface area contributed by atoms with Gasteiger partial charge in [0.2, 0.25) is 0 Å². The fraction of sp³-hybridized carbons (Fsp3) is 0.667. The van der Waals surface area contributed by atoms with E-state index in [0.717, 1.165) is 25.8 Å². The number of rotatable bonds is 4. The molecule has 2 rings (SSSR count). The molecule has 1 saturated heterocycles. The summed E-state index contributed by atoms with van der Waals surface area (Å²) in [5.74, 6) is 1.37. The van der Waals surface area contributed by atoms with Crippen molar-refractivity contribution < 1.29 is 9.21 Å². The van der Waals surface area contributed by atoms with Crippen molar-refractivity contribution in [2.45, 2.75) is 52.1 Å². The van der Waals surface area contributed by atoms with E-state index < -0.39 is 0 Å². The number of nitrogens with zero attached hydrogens (tertiary/aromatic N) is 1. The van der Waals surface area contributed by atoms with E-state index in [4.69, 9.17) is 10.2 Å². The summed E-state index contributed by atoms with van der Waals surface area (Å²) < 4.78 is 5.27. The van der Waals surface area contributed by atoms with E-state index >= 15 is 0 Å². The number of hydrogen-bond acceptors (Lipinski definition) is 3. The molecule has 0 aromatic carbocycles. The summed E-state index contributed by atoms with van der Waals surface area (Å²) in [6, 6.07) is 2.14. The maximum absolute atomic E-state index is 12.5. The van der Waals surface area contributed by atoms with Crippen LogP contribution in [0.15, 0.2) is 16.7 Å². The molecule has 0 aliphatic carbocycles. The molecule has 2 N–H and O–H groups in total. The maximum Gasteiger partial charge on any atom is 0.257 e. The van der Waals surface area contributed by atoms with Crippen molar-refractivity contribution in [1.29, 1.82) is 0 Å². The summed E-state index contributed by atoms with van der Waals surface area (Å²) in [7, 11) is 0. The molecule has 4 heteroatoms. The Hall–Kier alpha value is -1.29. The van der Waals surface area contributed by atoms with Gasteiger partial charge in [0.25, 0.3) is 5.91 Å². The van der Waals surface area contributed by atoms with Crippen LogP contribution in [0.3, 0.4) is 0 Å². The van der Waals surface area contributed by atoms with Gasteiger partial charge in [0.1, 0.15) is 12.0 Å². The van der Waals surface area contributed by atoms with Crippen LogP contribution in [0.4, 0.5) is 0 Å². The first-order valence-corrected chi connectivity index (χ1v) is 7.20. The average molecular weight is 264 g/mol. The molecule has 106 valence electrons. The summed E-state index contributed by atoms with van der Waals surface area (Å²) in [4.78, 5) is 14.6. The van der Waals surface area contributed by atoms with Crippen molar-refractivity contribution in [3.63, 3.8) is 0 Å². The van der Waals surface area contributed by atoms with Crippen LogP contribution < -0.4 is 5.73 Å². The largest absolute Gasteiger partial charge is 0.467 e. The minimum Gasteiger partial charge on any atom is -0.467 e. The highest BCUT2D eigenvalue weighted by Gasteiger charge is 2.28. The summed E-state index contributed by atoms with van der Waals surface area (Å²) in [6.07, 6.45) is 6.05. The molecule has 1 fully saturated rings. The summed E-state index contributed by atoms with van der Waals surface area (Å²) >= 11 is 0. The van der Waals surface area contributed by atoms with Crippen molar-refractivity contribution >= 4 is 5.91 Å². The highest BCUT2D eigenvalue weighted by Crippen LogP contribution is 2.25. The molecule has 0 saturated carbocycles. The van der Waals surface area contributed by atoms with E-state index in [1.807, 2.05) is 4.90 Å². The van der Waals surface area contributed by atoms with E-state index in [9.17, 15) is 4.79 Å². The first-order chi connectivity index (χ1) is 9.11. The molecular weight excluding hydrogens is 240 g/mol. The molecule has 1 aromatic heterocycles. The molecule has 4 nitrogen and oxygen atoms in total. The number of likely N-dealkylation sites (tertiary alicyclic amines) is 1. The zero-order valence-corrected chi connectivity index (χ0v) is 11.9. The lowest BCUT2D eigenvalue weighted by atomic mass is 9.93. The molecule has 1 amide bonds. The van der Waals surface area contributed by atoms with Gasteiger partial charge in [-0.1, -0.05) is 13.8 Å². The van der Waals surface area contributed by atoms with Crippen LogP contribution in [-0.4, -0.2) is 23.4 Å². The fourth-order valence-corrected chi connectivity index (χ4v) is 2.82. The van der Waals surface area contributed by atoms with Crippen LogP contribution >= 0.6 is 0 Å². The van der Waals surface area contributed by atoms with E-state index in [1.54, 1.807) is 6.07 Å². The second-order valence-electron chi connectivity index (χ2n) is 5.78. The lowest BCUT2D eigenvalue weighted by molar-refractivity contribution is 0.0583. The Kier molecular flexibility index (Phi) is 4.64. The van der Waals surface area contributed by atoms with Gasteiger partial charge in [-0.05, 0) is 37.7 Å². The molecule has 1 atom stereocenters. The van der Waals surface area contributed by atoms with Gasteiger partial charge in [-0.2, -0.15) is 0 Å². The maximum atomic E-state index is 12.5. The molecular formula is C15H24N2O2. The van der Waals surface area contributed by atoms with Crippen LogP contribution in [0, 0.1) is 5.92 Å². The Morgan fingerprint density at radius 3 is 2.95 bits per heavy atom. The predicted octanol–water partition coefficient (Wildman–Crippen LogP) is 2.78. The third-order valence-corrected chi connectivity index (χ3v) is 3.73. The predicted molar refractivity (Wildman–Crippen MR) is 74.7 cm³/mol. The molecule has 1 aromatic rings. The number of piperidine rings is 1. The molecule has 0 bridgehead atoms. The average Bonchev–Trinajstić information content (AvgIpc) is 2.86. The number of carbonyl (C=O) groups is 1.